The highest BCUT2D eigenvalue weighted by atomic mass is 35.5. The molecule has 0 aliphatic carbocycles. The monoisotopic (exact) mass is 309 g/mol. The number of nitrogens with one attached hydrogen (secondary N) is 1. The molecule has 20 heavy (non-hydrogen) atoms. The van der Waals surface area contributed by atoms with Crippen LogP contribution in [0.4, 0.5) is 0 Å². The van der Waals surface area contributed by atoms with E-state index in [-0.39, 0.29) is 6.04 Å². The fourth-order valence-electron chi connectivity index (χ4n) is 2.06. The zero-order valence-corrected chi connectivity index (χ0v) is 12.8. The average molecular weight is 310 g/mol. The molecule has 106 valence electrons. The van der Waals surface area contributed by atoms with Gasteiger partial charge in [0.05, 0.1) is 16.7 Å². The van der Waals surface area contributed by atoms with Crippen molar-refractivity contribution in [2.75, 3.05) is 13.7 Å². The lowest BCUT2D eigenvalue weighted by molar-refractivity contribution is 0.290. The predicted molar refractivity (Wildman–Crippen MR) is 84.8 cm³/mol. The van der Waals surface area contributed by atoms with Crippen molar-refractivity contribution >= 4 is 23.2 Å². The van der Waals surface area contributed by atoms with E-state index in [4.69, 9.17) is 27.9 Å². The minimum atomic E-state index is 0.116. The van der Waals surface area contributed by atoms with Crippen molar-refractivity contribution in [3.05, 3.63) is 64.1 Å². The standard InChI is InChI=1S/C16H17Cl2NO/c1-19-15(13-8-5-9-14(17)16(13)18)10-11-20-12-6-3-2-4-7-12/h2-9,15,19H,10-11H2,1H3. The van der Waals surface area contributed by atoms with E-state index < -0.39 is 0 Å². The lowest BCUT2D eigenvalue weighted by atomic mass is 10.0. The van der Waals surface area contributed by atoms with Gasteiger partial charge in [-0.05, 0) is 30.8 Å². The maximum atomic E-state index is 6.25. The minimum Gasteiger partial charge on any atom is -0.494 e. The minimum absolute atomic E-state index is 0.116. The molecule has 0 saturated carbocycles. The molecule has 0 amide bonds. The molecule has 0 bridgehead atoms. The van der Waals surface area contributed by atoms with E-state index >= 15 is 0 Å². The highest BCUT2D eigenvalue weighted by Gasteiger charge is 2.14. The smallest absolute Gasteiger partial charge is 0.119 e. The second-order valence-electron chi connectivity index (χ2n) is 4.43. The Kier molecular flexibility index (Phi) is 5.72. The van der Waals surface area contributed by atoms with Crippen molar-refractivity contribution in [2.24, 2.45) is 0 Å². The predicted octanol–water partition coefficient (Wildman–Crippen LogP) is 4.72. The molecule has 1 unspecified atom stereocenters. The van der Waals surface area contributed by atoms with Crippen molar-refractivity contribution in [1.29, 1.82) is 0 Å². The van der Waals surface area contributed by atoms with Gasteiger partial charge in [0.1, 0.15) is 5.75 Å². The normalized spacial score (nSPS) is 12.2. The number of rotatable bonds is 6. The number of para-hydroxylation sites is 1. The Labute approximate surface area is 129 Å². The number of halogens is 2. The molecule has 0 heterocycles. The van der Waals surface area contributed by atoms with Gasteiger partial charge in [0.25, 0.3) is 0 Å². The molecule has 1 N–H and O–H groups in total. The van der Waals surface area contributed by atoms with E-state index in [0.29, 0.717) is 16.7 Å². The van der Waals surface area contributed by atoms with Gasteiger partial charge in [0, 0.05) is 12.5 Å². The highest BCUT2D eigenvalue weighted by molar-refractivity contribution is 6.42. The number of hydrogen-bond acceptors (Lipinski definition) is 2. The van der Waals surface area contributed by atoms with Crippen LogP contribution in [-0.2, 0) is 0 Å². The van der Waals surface area contributed by atoms with Crippen LogP contribution < -0.4 is 10.1 Å². The summed E-state index contributed by atoms with van der Waals surface area (Å²) >= 11 is 12.3. The molecule has 0 fully saturated rings. The third kappa shape index (κ3) is 3.89. The Bertz CT molecular complexity index is 545. The summed E-state index contributed by atoms with van der Waals surface area (Å²) in [6, 6.07) is 15.6. The second-order valence-corrected chi connectivity index (χ2v) is 5.22. The van der Waals surface area contributed by atoms with Crippen LogP contribution in [0.5, 0.6) is 5.75 Å². The van der Waals surface area contributed by atoms with Crippen LogP contribution in [0, 0.1) is 0 Å². The summed E-state index contributed by atoms with van der Waals surface area (Å²) in [7, 11) is 1.91. The van der Waals surface area contributed by atoms with Crippen molar-refractivity contribution in [2.45, 2.75) is 12.5 Å². The first-order valence-corrected chi connectivity index (χ1v) is 7.27. The molecule has 1 atom stereocenters. The fourth-order valence-corrected chi connectivity index (χ4v) is 2.50. The molecule has 2 rings (SSSR count). The van der Waals surface area contributed by atoms with Gasteiger partial charge in [-0.2, -0.15) is 0 Å². The maximum absolute atomic E-state index is 6.25. The number of benzene rings is 2. The SMILES string of the molecule is CNC(CCOc1ccccc1)c1cccc(Cl)c1Cl. The van der Waals surface area contributed by atoms with Gasteiger partial charge < -0.3 is 10.1 Å². The lowest BCUT2D eigenvalue weighted by Crippen LogP contribution is -2.19. The van der Waals surface area contributed by atoms with E-state index in [9.17, 15) is 0 Å². The van der Waals surface area contributed by atoms with Crippen LogP contribution in [0.25, 0.3) is 0 Å². The van der Waals surface area contributed by atoms with Gasteiger partial charge >= 0.3 is 0 Å². The quantitative estimate of drug-likeness (QED) is 0.833. The van der Waals surface area contributed by atoms with E-state index in [0.717, 1.165) is 17.7 Å². The second kappa shape index (κ2) is 7.53. The van der Waals surface area contributed by atoms with Gasteiger partial charge in [0.15, 0.2) is 0 Å². The number of ether oxygens (including phenoxy) is 1. The van der Waals surface area contributed by atoms with E-state index in [2.05, 4.69) is 5.32 Å². The molecule has 4 heteroatoms. The van der Waals surface area contributed by atoms with E-state index in [1.165, 1.54) is 0 Å². The molecule has 0 aromatic heterocycles. The van der Waals surface area contributed by atoms with Crippen LogP contribution in [0.1, 0.15) is 18.0 Å². The first-order chi connectivity index (χ1) is 9.72. The summed E-state index contributed by atoms with van der Waals surface area (Å²) in [6.07, 6.45) is 0.811. The third-order valence-corrected chi connectivity index (χ3v) is 3.96. The fraction of sp³-hybridized carbons (Fsp3) is 0.250. The van der Waals surface area contributed by atoms with Crippen LogP contribution in [0.2, 0.25) is 10.0 Å². The molecule has 0 spiro atoms. The topological polar surface area (TPSA) is 21.3 Å². The Balaban J connectivity index is 1.97. The van der Waals surface area contributed by atoms with Crippen LogP contribution >= 0.6 is 23.2 Å². The molecular formula is C16H17Cl2NO. The summed E-state index contributed by atoms with van der Waals surface area (Å²) in [5.41, 5.74) is 0.998. The van der Waals surface area contributed by atoms with Gasteiger partial charge in [-0.15, -0.1) is 0 Å². The zero-order chi connectivity index (χ0) is 14.4. The summed E-state index contributed by atoms with van der Waals surface area (Å²) in [5.74, 6) is 0.875. The zero-order valence-electron chi connectivity index (χ0n) is 11.3. The Morgan fingerprint density at radius 1 is 1.05 bits per heavy atom. The van der Waals surface area contributed by atoms with E-state index in [1.807, 2.05) is 49.5 Å². The van der Waals surface area contributed by atoms with Crippen molar-refractivity contribution in [3.8, 4) is 5.75 Å². The van der Waals surface area contributed by atoms with Gasteiger partial charge in [-0.3, -0.25) is 0 Å². The van der Waals surface area contributed by atoms with Crippen LogP contribution in [0.3, 0.4) is 0 Å². The Morgan fingerprint density at radius 3 is 2.50 bits per heavy atom. The molecule has 2 aromatic carbocycles. The molecular weight excluding hydrogens is 293 g/mol. The molecule has 2 nitrogen and oxygen atoms in total. The lowest BCUT2D eigenvalue weighted by Gasteiger charge is -2.18. The van der Waals surface area contributed by atoms with Crippen molar-refractivity contribution in [1.82, 2.24) is 5.32 Å². The van der Waals surface area contributed by atoms with Crippen LogP contribution in [-0.4, -0.2) is 13.7 Å². The van der Waals surface area contributed by atoms with Crippen molar-refractivity contribution in [3.63, 3.8) is 0 Å². The summed E-state index contributed by atoms with van der Waals surface area (Å²) < 4.78 is 5.71. The van der Waals surface area contributed by atoms with Crippen LogP contribution in [0.15, 0.2) is 48.5 Å². The molecule has 0 aliphatic heterocycles. The highest BCUT2D eigenvalue weighted by Crippen LogP contribution is 2.31. The molecule has 0 saturated heterocycles. The molecule has 0 aliphatic rings. The van der Waals surface area contributed by atoms with Gasteiger partial charge in [0.2, 0.25) is 0 Å². The summed E-state index contributed by atoms with van der Waals surface area (Å²) in [5, 5.41) is 4.43. The number of hydrogen-bond donors (Lipinski definition) is 1. The average Bonchev–Trinajstić information content (AvgIpc) is 2.48. The van der Waals surface area contributed by atoms with Gasteiger partial charge in [-0.1, -0.05) is 53.5 Å². The van der Waals surface area contributed by atoms with Gasteiger partial charge in [-0.25, -0.2) is 0 Å². The molecule has 0 radical (unpaired) electrons. The Hall–Kier alpha value is -1.22. The summed E-state index contributed by atoms with van der Waals surface area (Å²) in [4.78, 5) is 0. The molecule has 2 aromatic rings. The van der Waals surface area contributed by atoms with E-state index in [1.54, 1.807) is 6.07 Å². The first kappa shape index (κ1) is 15.2. The summed E-state index contributed by atoms with van der Waals surface area (Å²) in [6.45, 7) is 0.609. The Morgan fingerprint density at radius 2 is 1.80 bits per heavy atom. The third-order valence-electron chi connectivity index (χ3n) is 3.12. The largest absolute Gasteiger partial charge is 0.494 e. The van der Waals surface area contributed by atoms with Crippen molar-refractivity contribution < 1.29 is 4.74 Å². The maximum Gasteiger partial charge on any atom is 0.119 e. The first-order valence-electron chi connectivity index (χ1n) is 6.51.